The van der Waals surface area contributed by atoms with Crippen LogP contribution < -0.4 is 5.73 Å². The number of hydrogen-bond donors (Lipinski definition) is 1. The molecule has 3 heterocycles. The monoisotopic (exact) mass is 426 g/mol. The van der Waals surface area contributed by atoms with Crippen molar-refractivity contribution in [2.45, 2.75) is 38.0 Å². The highest BCUT2D eigenvalue weighted by Gasteiger charge is 2.29. The van der Waals surface area contributed by atoms with E-state index in [2.05, 4.69) is 22.8 Å². The second-order valence-electron chi connectivity index (χ2n) is 6.80. The zero-order chi connectivity index (χ0) is 21.5. The highest BCUT2D eigenvalue weighted by molar-refractivity contribution is 6.28. The summed E-state index contributed by atoms with van der Waals surface area (Å²) in [5.41, 5.74) is 7.66. The molecule has 0 aliphatic carbocycles. The molecule has 0 radical (unpaired) electrons. The van der Waals surface area contributed by atoms with Crippen LogP contribution in [0.3, 0.4) is 0 Å². The van der Waals surface area contributed by atoms with Crippen LogP contribution in [0.2, 0.25) is 5.28 Å². The van der Waals surface area contributed by atoms with E-state index < -0.39 is 0 Å². The number of carbonyl (C=O) groups excluding carboxylic acids is 1. The number of aryl methyl sites for hydroxylation is 1. The van der Waals surface area contributed by atoms with E-state index in [0.717, 1.165) is 23.8 Å². The molecule has 0 amide bonds. The van der Waals surface area contributed by atoms with E-state index >= 15 is 0 Å². The van der Waals surface area contributed by atoms with Crippen molar-refractivity contribution in [1.82, 2.24) is 14.5 Å². The highest BCUT2D eigenvalue weighted by atomic mass is 35.5. The van der Waals surface area contributed by atoms with Gasteiger partial charge < -0.3 is 19.8 Å². The Kier molecular flexibility index (Phi) is 7.28. The van der Waals surface area contributed by atoms with E-state index in [1.165, 1.54) is 0 Å². The van der Waals surface area contributed by atoms with Crippen molar-refractivity contribution in [2.24, 2.45) is 0 Å². The van der Waals surface area contributed by atoms with E-state index in [1.807, 2.05) is 47.2 Å². The first-order valence-corrected chi connectivity index (χ1v) is 9.96. The molecule has 8 heteroatoms. The molecule has 2 atom stereocenters. The van der Waals surface area contributed by atoms with Gasteiger partial charge in [-0.3, -0.25) is 4.79 Å². The van der Waals surface area contributed by atoms with Gasteiger partial charge in [0.25, 0.3) is 0 Å². The van der Waals surface area contributed by atoms with Gasteiger partial charge in [-0.15, -0.1) is 12.8 Å². The Morgan fingerprint density at radius 1 is 1.23 bits per heavy atom. The van der Waals surface area contributed by atoms with Gasteiger partial charge in [0.15, 0.2) is 0 Å². The largest absolute Gasteiger partial charge is 0.463 e. The van der Waals surface area contributed by atoms with Crippen molar-refractivity contribution in [2.75, 3.05) is 12.3 Å². The van der Waals surface area contributed by atoms with Crippen LogP contribution in [0.15, 0.2) is 42.6 Å². The molecule has 0 spiro atoms. The molecule has 1 fully saturated rings. The molecule has 1 aromatic carbocycles. The van der Waals surface area contributed by atoms with Crippen LogP contribution >= 0.6 is 11.6 Å². The van der Waals surface area contributed by atoms with Gasteiger partial charge in [-0.25, -0.2) is 4.98 Å². The molecule has 2 aromatic heterocycles. The zero-order valence-electron chi connectivity index (χ0n) is 16.4. The minimum absolute atomic E-state index is 0.104. The van der Waals surface area contributed by atoms with Gasteiger partial charge in [0.2, 0.25) is 5.28 Å². The van der Waals surface area contributed by atoms with Crippen LogP contribution in [0, 0.1) is 12.8 Å². The number of nitrogens with zero attached hydrogens (tertiary/aromatic N) is 3. The molecule has 156 valence electrons. The number of rotatable bonds is 6. The number of carbonyl (C=O) groups is 1. The molecule has 0 unspecified atom stereocenters. The molecule has 0 bridgehead atoms. The quantitative estimate of drug-likeness (QED) is 0.366. The van der Waals surface area contributed by atoms with Crippen LogP contribution in [-0.2, 0) is 20.7 Å². The summed E-state index contributed by atoms with van der Waals surface area (Å²) in [6.45, 7) is 0.251. The zero-order valence-corrected chi connectivity index (χ0v) is 17.2. The normalized spacial score (nSPS) is 18.0. The standard InChI is InChI=1S/C20H21ClN4O3.C2H2/c21-20-23-18(22)15-10-11-25(19(15)24-20)16-8-7-14(28-16)12-27-17(26)9-6-13-4-2-1-3-5-13;1-2/h1-5,10-11,14,16H,6-9,12H2,(H2,22,23,24);1-2H/t14-,16+;/m0./s1. The minimum atomic E-state index is -0.213. The predicted molar refractivity (Wildman–Crippen MR) is 116 cm³/mol. The number of nitrogen functional groups attached to an aromatic ring is 1. The Balaban J connectivity index is 0.00000124. The van der Waals surface area contributed by atoms with Crippen molar-refractivity contribution in [3.8, 4) is 12.8 Å². The Morgan fingerprint density at radius 2 is 2.00 bits per heavy atom. The number of halogens is 1. The highest BCUT2D eigenvalue weighted by Crippen LogP contribution is 2.32. The number of hydrogen-bond acceptors (Lipinski definition) is 6. The lowest BCUT2D eigenvalue weighted by Gasteiger charge is -2.16. The SMILES string of the molecule is C#C.Nc1nc(Cl)nc2c1ccn2[C@H]1CC[C@@H](COC(=O)CCc2ccccc2)O1. The summed E-state index contributed by atoms with van der Waals surface area (Å²) in [7, 11) is 0. The maximum atomic E-state index is 12.0. The van der Waals surface area contributed by atoms with E-state index in [4.69, 9.17) is 26.8 Å². The second kappa shape index (κ2) is 10.1. The lowest BCUT2D eigenvalue weighted by atomic mass is 10.1. The Bertz CT molecular complexity index is 1020. The van der Waals surface area contributed by atoms with Gasteiger partial charge in [0, 0.05) is 12.6 Å². The van der Waals surface area contributed by atoms with Crippen molar-refractivity contribution >= 4 is 34.4 Å². The maximum absolute atomic E-state index is 12.0. The molecule has 3 aromatic rings. The first kappa shape index (κ1) is 21.6. The second-order valence-corrected chi connectivity index (χ2v) is 7.13. The topological polar surface area (TPSA) is 92.3 Å². The van der Waals surface area contributed by atoms with E-state index in [9.17, 15) is 4.79 Å². The van der Waals surface area contributed by atoms with E-state index in [1.54, 1.807) is 0 Å². The van der Waals surface area contributed by atoms with Crippen LogP contribution in [0.5, 0.6) is 0 Å². The summed E-state index contributed by atoms with van der Waals surface area (Å²) < 4.78 is 13.3. The molecule has 0 saturated carbocycles. The maximum Gasteiger partial charge on any atom is 0.306 e. The number of benzene rings is 1. The molecular weight excluding hydrogens is 404 g/mol. The molecule has 2 N–H and O–H groups in total. The summed E-state index contributed by atoms with van der Waals surface area (Å²) in [5, 5.41) is 0.843. The Hall–Kier alpha value is -3.08. The summed E-state index contributed by atoms with van der Waals surface area (Å²) in [5.74, 6) is 0.130. The molecule has 1 aliphatic heterocycles. The van der Waals surface area contributed by atoms with Gasteiger partial charge in [0.1, 0.15) is 24.3 Å². The number of ether oxygens (including phenoxy) is 2. The Labute approximate surface area is 180 Å². The lowest BCUT2D eigenvalue weighted by Crippen LogP contribution is -2.19. The van der Waals surface area contributed by atoms with Gasteiger partial charge in [0.05, 0.1) is 11.5 Å². The van der Waals surface area contributed by atoms with Crippen molar-refractivity contribution < 1.29 is 14.3 Å². The fourth-order valence-corrected chi connectivity index (χ4v) is 3.60. The minimum Gasteiger partial charge on any atom is -0.463 e. The van der Waals surface area contributed by atoms with Gasteiger partial charge in [-0.05, 0) is 42.5 Å². The fourth-order valence-electron chi connectivity index (χ4n) is 3.42. The number of aromatic nitrogens is 3. The van der Waals surface area contributed by atoms with Crippen molar-refractivity contribution in [3.63, 3.8) is 0 Å². The molecule has 30 heavy (non-hydrogen) atoms. The third-order valence-electron chi connectivity index (χ3n) is 4.86. The average Bonchev–Trinajstić information content (AvgIpc) is 3.40. The van der Waals surface area contributed by atoms with E-state index in [0.29, 0.717) is 24.3 Å². The van der Waals surface area contributed by atoms with Gasteiger partial charge >= 0.3 is 5.97 Å². The summed E-state index contributed by atoms with van der Waals surface area (Å²) in [6.07, 6.45) is 12.1. The van der Waals surface area contributed by atoms with Gasteiger partial charge in [-0.1, -0.05) is 30.3 Å². The fraction of sp³-hybridized carbons (Fsp3) is 0.318. The molecule has 7 nitrogen and oxygen atoms in total. The first-order chi connectivity index (χ1) is 14.6. The first-order valence-electron chi connectivity index (χ1n) is 9.58. The number of terminal acetylenes is 1. The molecule has 1 saturated heterocycles. The van der Waals surface area contributed by atoms with Crippen LogP contribution in [0.1, 0.15) is 31.1 Å². The lowest BCUT2D eigenvalue weighted by molar-refractivity contribution is -0.148. The average molecular weight is 427 g/mol. The van der Waals surface area contributed by atoms with Crippen LogP contribution in [-0.4, -0.2) is 33.2 Å². The van der Waals surface area contributed by atoms with E-state index in [-0.39, 0.29) is 30.2 Å². The van der Waals surface area contributed by atoms with Crippen molar-refractivity contribution in [3.05, 3.63) is 53.4 Å². The van der Waals surface area contributed by atoms with Crippen molar-refractivity contribution in [1.29, 1.82) is 0 Å². The summed E-state index contributed by atoms with van der Waals surface area (Å²) >= 11 is 5.93. The summed E-state index contributed by atoms with van der Waals surface area (Å²) in [4.78, 5) is 20.2. The predicted octanol–water partition coefficient (Wildman–Crippen LogP) is 3.77. The smallest absolute Gasteiger partial charge is 0.306 e. The van der Waals surface area contributed by atoms with Crippen LogP contribution in [0.25, 0.3) is 11.0 Å². The molecular formula is C22H23ClN4O3. The number of esters is 1. The number of fused-ring (bicyclic) bond motifs is 1. The number of nitrogens with two attached hydrogens (primary N) is 1. The molecule has 1 aliphatic rings. The summed E-state index contributed by atoms with van der Waals surface area (Å²) in [6, 6.07) is 11.7. The Morgan fingerprint density at radius 3 is 2.77 bits per heavy atom. The number of anilines is 1. The third-order valence-corrected chi connectivity index (χ3v) is 5.03. The van der Waals surface area contributed by atoms with Gasteiger partial charge in [-0.2, -0.15) is 4.98 Å². The molecule has 4 rings (SSSR count). The third kappa shape index (κ3) is 5.09. The van der Waals surface area contributed by atoms with Crippen LogP contribution in [0.4, 0.5) is 5.82 Å².